The number of aromatic nitrogens is 2. The normalized spacial score (nSPS) is 10.3. The average Bonchev–Trinajstić information content (AvgIpc) is 2.23. The van der Waals surface area contributed by atoms with Gasteiger partial charge in [0.2, 0.25) is 5.28 Å². The van der Waals surface area contributed by atoms with Gasteiger partial charge in [0.15, 0.2) is 5.82 Å². The van der Waals surface area contributed by atoms with Gasteiger partial charge in [-0.2, -0.15) is 0 Å². The van der Waals surface area contributed by atoms with Crippen LogP contribution in [0.5, 0.6) is 0 Å². The summed E-state index contributed by atoms with van der Waals surface area (Å²) in [6, 6.07) is 6.66. The zero-order chi connectivity index (χ0) is 10.8. The topological polar surface area (TPSA) is 25.8 Å². The molecule has 1 aromatic carbocycles. The Labute approximate surface area is 95.7 Å². The fourth-order valence-corrected chi connectivity index (χ4v) is 1.42. The molecular formula is C10H5Cl2FN2. The first-order chi connectivity index (χ1) is 7.16. The lowest BCUT2D eigenvalue weighted by Gasteiger charge is -2.02. The van der Waals surface area contributed by atoms with E-state index in [1.165, 1.54) is 0 Å². The first-order valence-electron chi connectivity index (χ1n) is 4.11. The molecule has 0 N–H and O–H groups in total. The third kappa shape index (κ3) is 2.25. The Kier molecular flexibility index (Phi) is 2.84. The molecule has 5 heteroatoms. The lowest BCUT2D eigenvalue weighted by atomic mass is 10.1. The van der Waals surface area contributed by atoms with Gasteiger partial charge in [0.05, 0.1) is 6.20 Å². The molecule has 0 radical (unpaired) electrons. The summed E-state index contributed by atoms with van der Waals surface area (Å²) in [7, 11) is 0. The van der Waals surface area contributed by atoms with Gasteiger partial charge in [-0.05, 0) is 23.7 Å². The molecule has 0 spiro atoms. The third-order valence-electron chi connectivity index (χ3n) is 1.83. The van der Waals surface area contributed by atoms with Crippen molar-refractivity contribution in [3.05, 3.63) is 46.6 Å². The molecule has 1 heterocycles. The Morgan fingerprint density at radius 2 is 1.73 bits per heavy atom. The van der Waals surface area contributed by atoms with Crippen molar-refractivity contribution >= 4 is 23.2 Å². The van der Waals surface area contributed by atoms with Crippen molar-refractivity contribution in [1.82, 2.24) is 9.97 Å². The predicted molar refractivity (Wildman–Crippen MR) is 57.4 cm³/mol. The second-order valence-corrected chi connectivity index (χ2v) is 3.62. The molecule has 0 fully saturated rings. The lowest BCUT2D eigenvalue weighted by molar-refractivity contribution is 0.618. The molecule has 2 rings (SSSR count). The summed E-state index contributed by atoms with van der Waals surface area (Å²) < 4.78 is 13.3. The van der Waals surface area contributed by atoms with E-state index in [0.29, 0.717) is 10.6 Å². The molecule has 0 aliphatic heterocycles. The largest absolute Gasteiger partial charge is 0.223 e. The average molecular weight is 243 g/mol. The number of rotatable bonds is 1. The fourth-order valence-electron chi connectivity index (χ4n) is 1.16. The Morgan fingerprint density at radius 1 is 1.07 bits per heavy atom. The molecule has 0 saturated heterocycles. The van der Waals surface area contributed by atoms with E-state index < -0.39 is 5.82 Å². The van der Waals surface area contributed by atoms with Crippen LogP contribution >= 0.6 is 23.2 Å². The van der Waals surface area contributed by atoms with E-state index in [2.05, 4.69) is 9.97 Å². The van der Waals surface area contributed by atoms with Crippen LogP contribution < -0.4 is 0 Å². The zero-order valence-corrected chi connectivity index (χ0v) is 8.93. The van der Waals surface area contributed by atoms with Gasteiger partial charge in [0.1, 0.15) is 5.69 Å². The highest BCUT2D eigenvalue weighted by Gasteiger charge is 2.08. The molecule has 15 heavy (non-hydrogen) atoms. The van der Waals surface area contributed by atoms with E-state index in [4.69, 9.17) is 23.2 Å². The molecule has 0 unspecified atom stereocenters. The maximum atomic E-state index is 13.3. The molecule has 0 amide bonds. The maximum Gasteiger partial charge on any atom is 0.223 e. The van der Waals surface area contributed by atoms with Crippen LogP contribution in [0, 0.1) is 5.82 Å². The highest BCUT2D eigenvalue weighted by Crippen LogP contribution is 2.22. The number of nitrogens with zero attached hydrogens (tertiary/aromatic N) is 2. The second kappa shape index (κ2) is 4.13. The maximum absolute atomic E-state index is 13.3. The van der Waals surface area contributed by atoms with Gasteiger partial charge in [-0.1, -0.05) is 23.7 Å². The Morgan fingerprint density at radius 3 is 2.40 bits per heavy atom. The molecule has 0 saturated carbocycles. The van der Waals surface area contributed by atoms with Gasteiger partial charge in [-0.25, -0.2) is 14.4 Å². The number of hydrogen-bond donors (Lipinski definition) is 0. The molecule has 2 nitrogen and oxygen atoms in total. The van der Waals surface area contributed by atoms with Gasteiger partial charge < -0.3 is 0 Å². The van der Waals surface area contributed by atoms with Gasteiger partial charge in [-0.15, -0.1) is 0 Å². The highest BCUT2D eigenvalue weighted by atomic mass is 35.5. The Balaban J connectivity index is 2.53. The van der Waals surface area contributed by atoms with E-state index in [1.807, 2.05) is 0 Å². The van der Waals surface area contributed by atoms with Gasteiger partial charge in [-0.3, -0.25) is 0 Å². The first kappa shape index (κ1) is 10.3. The summed E-state index contributed by atoms with van der Waals surface area (Å²) in [5, 5.41) is 0.598. The van der Waals surface area contributed by atoms with Crippen LogP contribution in [0.3, 0.4) is 0 Å². The standard InChI is InChI=1S/C10H5Cl2FN2/c11-7-3-1-6(2-4-7)9-8(13)5-14-10(12)15-9/h1-5H. The van der Waals surface area contributed by atoms with Crippen LogP contribution in [0.4, 0.5) is 4.39 Å². The molecule has 0 atom stereocenters. The molecule has 1 aromatic heterocycles. The zero-order valence-electron chi connectivity index (χ0n) is 7.42. The van der Waals surface area contributed by atoms with Crippen molar-refractivity contribution < 1.29 is 4.39 Å². The molecule has 76 valence electrons. The Bertz CT molecular complexity index is 485. The van der Waals surface area contributed by atoms with Crippen LogP contribution in [0.15, 0.2) is 30.5 Å². The number of benzene rings is 1. The first-order valence-corrected chi connectivity index (χ1v) is 4.86. The highest BCUT2D eigenvalue weighted by molar-refractivity contribution is 6.30. The predicted octanol–water partition coefficient (Wildman–Crippen LogP) is 3.59. The molecule has 2 aromatic rings. The molecular weight excluding hydrogens is 238 g/mol. The van der Waals surface area contributed by atoms with Crippen molar-refractivity contribution in [2.75, 3.05) is 0 Å². The quantitative estimate of drug-likeness (QED) is 0.715. The molecule has 0 aliphatic carbocycles. The van der Waals surface area contributed by atoms with Crippen molar-refractivity contribution in [3.63, 3.8) is 0 Å². The smallest absolute Gasteiger partial charge is 0.223 e. The van der Waals surface area contributed by atoms with Crippen molar-refractivity contribution in [2.45, 2.75) is 0 Å². The van der Waals surface area contributed by atoms with Gasteiger partial charge in [0, 0.05) is 10.6 Å². The minimum Gasteiger partial charge on any atom is -0.223 e. The van der Waals surface area contributed by atoms with E-state index in [1.54, 1.807) is 24.3 Å². The minimum atomic E-state index is -0.512. The Hall–Kier alpha value is -1.19. The lowest BCUT2D eigenvalue weighted by Crippen LogP contribution is -1.92. The molecule has 0 aliphatic rings. The summed E-state index contributed by atoms with van der Waals surface area (Å²) in [6.07, 6.45) is 1.04. The minimum absolute atomic E-state index is 0.0151. The summed E-state index contributed by atoms with van der Waals surface area (Å²) >= 11 is 11.3. The van der Waals surface area contributed by atoms with Crippen LogP contribution in [0.2, 0.25) is 10.3 Å². The van der Waals surface area contributed by atoms with Crippen molar-refractivity contribution in [1.29, 1.82) is 0 Å². The SMILES string of the molecule is Fc1cnc(Cl)nc1-c1ccc(Cl)cc1. The van der Waals surface area contributed by atoms with E-state index in [0.717, 1.165) is 6.20 Å². The summed E-state index contributed by atoms with van der Waals surface area (Å²) in [4.78, 5) is 7.34. The van der Waals surface area contributed by atoms with Crippen molar-refractivity contribution in [2.24, 2.45) is 0 Å². The van der Waals surface area contributed by atoms with E-state index >= 15 is 0 Å². The van der Waals surface area contributed by atoms with E-state index in [9.17, 15) is 4.39 Å². The summed E-state index contributed by atoms with van der Waals surface area (Å²) in [5.41, 5.74) is 0.785. The van der Waals surface area contributed by atoms with Gasteiger partial charge in [0.25, 0.3) is 0 Å². The fraction of sp³-hybridized carbons (Fsp3) is 0. The van der Waals surface area contributed by atoms with Crippen LogP contribution in [-0.2, 0) is 0 Å². The van der Waals surface area contributed by atoms with Crippen LogP contribution in [0.25, 0.3) is 11.3 Å². The van der Waals surface area contributed by atoms with Gasteiger partial charge >= 0.3 is 0 Å². The third-order valence-corrected chi connectivity index (χ3v) is 2.27. The number of hydrogen-bond acceptors (Lipinski definition) is 2. The van der Waals surface area contributed by atoms with Crippen LogP contribution in [0.1, 0.15) is 0 Å². The van der Waals surface area contributed by atoms with E-state index in [-0.39, 0.29) is 11.0 Å². The number of halogens is 3. The molecule has 0 bridgehead atoms. The van der Waals surface area contributed by atoms with Crippen LogP contribution in [-0.4, -0.2) is 9.97 Å². The summed E-state index contributed by atoms with van der Waals surface area (Å²) in [6.45, 7) is 0. The second-order valence-electron chi connectivity index (χ2n) is 2.84. The monoisotopic (exact) mass is 242 g/mol. The summed E-state index contributed by atoms with van der Waals surface area (Å²) in [5.74, 6) is -0.512. The van der Waals surface area contributed by atoms with Crippen molar-refractivity contribution in [3.8, 4) is 11.3 Å².